The predicted molar refractivity (Wildman–Crippen MR) is 118 cm³/mol. The van der Waals surface area contributed by atoms with Crippen LogP contribution in [-0.2, 0) is 20.7 Å². The maximum Gasteiger partial charge on any atom is 0.407 e. The normalized spacial score (nSPS) is 26.2. The average Bonchev–Trinajstić information content (AvgIpc) is 3.39. The fraction of sp³-hybridized carbons (Fsp3) is 0.727. The van der Waals surface area contributed by atoms with Gasteiger partial charge in [-0.3, -0.25) is 14.5 Å². The zero-order chi connectivity index (χ0) is 22.2. The second-order valence-corrected chi connectivity index (χ2v) is 10.7. The van der Waals surface area contributed by atoms with Crippen LogP contribution < -0.4 is 10.2 Å². The molecule has 2 aliphatic heterocycles. The van der Waals surface area contributed by atoms with Gasteiger partial charge >= 0.3 is 6.09 Å². The first kappa shape index (κ1) is 22.0. The van der Waals surface area contributed by atoms with Crippen LogP contribution in [-0.4, -0.2) is 59.1 Å². The van der Waals surface area contributed by atoms with Crippen molar-refractivity contribution in [2.75, 3.05) is 24.5 Å². The van der Waals surface area contributed by atoms with Gasteiger partial charge in [0.25, 0.3) is 0 Å². The van der Waals surface area contributed by atoms with Gasteiger partial charge in [0.05, 0.1) is 12.1 Å². The molecule has 3 fully saturated rings. The van der Waals surface area contributed by atoms with Crippen molar-refractivity contribution in [3.8, 4) is 0 Å². The van der Waals surface area contributed by atoms with Crippen LogP contribution in [0.25, 0.3) is 0 Å². The lowest BCUT2D eigenvalue weighted by Crippen LogP contribution is -2.47. The number of hydrogen-bond donors (Lipinski definition) is 1. The molecule has 3 atom stereocenters. The highest BCUT2D eigenvalue weighted by molar-refractivity contribution is 7.14. The van der Waals surface area contributed by atoms with Gasteiger partial charge in [-0.05, 0) is 46.0 Å². The summed E-state index contributed by atoms with van der Waals surface area (Å²) < 4.78 is 5.43. The molecule has 1 N–H and O–H groups in total. The fourth-order valence-corrected chi connectivity index (χ4v) is 5.80. The summed E-state index contributed by atoms with van der Waals surface area (Å²) in [5.74, 6) is 0.846. The van der Waals surface area contributed by atoms with Crippen molar-refractivity contribution in [1.82, 2.24) is 15.2 Å². The summed E-state index contributed by atoms with van der Waals surface area (Å²) in [6.45, 7) is 7.67. The summed E-state index contributed by atoms with van der Waals surface area (Å²) in [6.07, 6.45) is 4.35. The van der Waals surface area contributed by atoms with E-state index in [1.807, 2.05) is 31.1 Å². The SMILES string of the molecule is CC(C)(C)OC(=O)N[C@@H]1CCC[C@H]2CN(C(=O)Cc3csc(N4CCCC4=O)n3)C[C@@H]21. The summed E-state index contributed by atoms with van der Waals surface area (Å²) in [7, 11) is 0. The van der Waals surface area contributed by atoms with Gasteiger partial charge in [0, 0.05) is 43.4 Å². The number of carbonyl (C=O) groups is 3. The van der Waals surface area contributed by atoms with E-state index in [1.165, 1.54) is 11.3 Å². The molecule has 0 aromatic carbocycles. The highest BCUT2D eigenvalue weighted by atomic mass is 32.1. The molecule has 1 aromatic rings. The van der Waals surface area contributed by atoms with E-state index >= 15 is 0 Å². The standard InChI is InChI=1S/C22H32N4O4S/c1-22(2,3)30-21(29)24-17-7-4-6-14-11-25(12-16(14)17)19(28)10-15-13-31-20(23-15)26-9-5-8-18(26)27/h13-14,16-17H,4-12H2,1-3H3,(H,24,29)/t14-,16-,17+/m0/s1. The molecule has 3 heterocycles. The molecule has 1 aliphatic carbocycles. The van der Waals surface area contributed by atoms with Crippen molar-refractivity contribution in [2.45, 2.75) is 70.9 Å². The number of amides is 3. The average molecular weight is 449 g/mol. The third-order valence-electron chi connectivity index (χ3n) is 6.33. The van der Waals surface area contributed by atoms with Crippen LogP contribution in [0, 0.1) is 11.8 Å². The third kappa shape index (κ3) is 5.19. The Bertz CT molecular complexity index is 849. The molecule has 0 spiro atoms. The number of rotatable bonds is 4. The van der Waals surface area contributed by atoms with Gasteiger partial charge in [0.1, 0.15) is 5.60 Å². The summed E-state index contributed by atoms with van der Waals surface area (Å²) in [6, 6.07) is 0.0402. The van der Waals surface area contributed by atoms with Crippen molar-refractivity contribution in [1.29, 1.82) is 0 Å². The lowest BCUT2D eigenvalue weighted by molar-refractivity contribution is -0.129. The minimum atomic E-state index is -0.526. The summed E-state index contributed by atoms with van der Waals surface area (Å²) in [5, 5.41) is 5.63. The van der Waals surface area contributed by atoms with E-state index in [9.17, 15) is 14.4 Å². The zero-order valence-electron chi connectivity index (χ0n) is 18.6. The lowest BCUT2D eigenvalue weighted by atomic mass is 9.78. The largest absolute Gasteiger partial charge is 0.444 e. The van der Waals surface area contributed by atoms with Crippen molar-refractivity contribution >= 4 is 34.4 Å². The molecular formula is C22H32N4O4S. The first-order valence-electron chi connectivity index (χ1n) is 11.2. The van der Waals surface area contributed by atoms with Crippen LogP contribution in [0.4, 0.5) is 9.93 Å². The molecule has 2 saturated heterocycles. The number of aromatic nitrogens is 1. The fourth-order valence-electron chi connectivity index (χ4n) is 4.93. The number of hydrogen-bond acceptors (Lipinski definition) is 6. The summed E-state index contributed by atoms with van der Waals surface area (Å²) >= 11 is 1.43. The number of alkyl carbamates (subject to hydrolysis) is 1. The quantitative estimate of drug-likeness (QED) is 0.765. The highest BCUT2D eigenvalue weighted by Crippen LogP contribution is 2.37. The topological polar surface area (TPSA) is 91.8 Å². The second kappa shape index (κ2) is 8.76. The minimum absolute atomic E-state index is 0.0402. The number of ether oxygens (including phenoxy) is 1. The van der Waals surface area contributed by atoms with Gasteiger partial charge in [0.15, 0.2) is 5.13 Å². The second-order valence-electron chi connectivity index (χ2n) is 9.85. The number of likely N-dealkylation sites (tertiary alicyclic amines) is 1. The van der Waals surface area contributed by atoms with Gasteiger partial charge in [-0.1, -0.05) is 6.42 Å². The molecule has 3 amide bonds. The van der Waals surface area contributed by atoms with Crippen LogP contribution in [0.2, 0.25) is 0 Å². The Balaban J connectivity index is 1.34. The van der Waals surface area contributed by atoms with E-state index in [0.717, 1.165) is 37.9 Å². The van der Waals surface area contributed by atoms with E-state index in [4.69, 9.17) is 4.74 Å². The molecule has 3 aliphatic rings. The number of nitrogens with zero attached hydrogens (tertiary/aromatic N) is 3. The van der Waals surface area contributed by atoms with Crippen molar-refractivity contribution in [3.05, 3.63) is 11.1 Å². The molecule has 9 heteroatoms. The third-order valence-corrected chi connectivity index (χ3v) is 7.24. The van der Waals surface area contributed by atoms with Crippen LogP contribution in [0.1, 0.15) is 58.6 Å². The number of thiazole rings is 1. The van der Waals surface area contributed by atoms with Crippen molar-refractivity contribution in [2.24, 2.45) is 11.8 Å². The van der Waals surface area contributed by atoms with E-state index in [1.54, 1.807) is 4.90 Å². The molecule has 0 bridgehead atoms. The molecule has 8 nitrogen and oxygen atoms in total. The monoisotopic (exact) mass is 448 g/mol. The van der Waals surface area contributed by atoms with Crippen molar-refractivity contribution in [3.63, 3.8) is 0 Å². The first-order valence-corrected chi connectivity index (χ1v) is 12.1. The van der Waals surface area contributed by atoms with Gasteiger partial charge < -0.3 is 15.0 Å². The highest BCUT2D eigenvalue weighted by Gasteiger charge is 2.42. The molecule has 31 heavy (non-hydrogen) atoms. The number of anilines is 1. The Kier molecular flexibility index (Phi) is 6.23. The molecule has 1 aromatic heterocycles. The Hall–Kier alpha value is -2.16. The van der Waals surface area contributed by atoms with Crippen LogP contribution in [0.3, 0.4) is 0 Å². The van der Waals surface area contributed by atoms with Gasteiger partial charge in [-0.15, -0.1) is 11.3 Å². The molecule has 170 valence electrons. The maximum atomic E-state index is 13.0. The Labute approximate surface area is 187 Å². The molecular weight excluding hydrogens is 416 g/mol. The lowest BCUT2D eigenvalue weighted by Gasteiger charge is -2.33. The number of carbonyl (C=O) groups excluding carboxylic acids is 3. The van der Waals surface area contributed by atoms with Gasteiger partial charge in [-0.25, -0.2) is 9.78 Å². The zero-order valence-corrected chi connectivity index (χ0v) is 19.4. The summed E-state index contributed by atoms with van der Waals surface area (Å²) in [5.41, 5.74) is 0.199. The Morgan fingerprint density at radius 1 is 1.26 bits per heavy atom. The smallest absolute Gasteiger partial charge is 0.407 e. The maximum absolute atomic E-state index is 13.0. The first-order chi connectivity index (χ1) is 14.7. The van der Waals surface area contributed by atoms with E-state index < -0.39 is 5.60 Å². The number of nitrogens with one attached hydrogen (secondary N) is 1. The van der Waals surface area contributed by atoms with E-state index in [0.29, 0.717) is 30.6 Å². The summed E-state index contributed by atoms with van der Waals surface area (Å²) in [4.78, 5) is 45.3. The van der Waals surface area contributed by atoms with Crippen LogP contribution in [0.5, 0.6) is 0 Å². The molecule has 1 saturated carbocycles. The Morgan fingerprint density at radius 2 is 2.06 bits per heavy atom. The van der Waals surface area contributed by atoms with Crippen LogP contribution in [0.15, 0.2) is 5.38 Å². The van der Waals surface area contributed by atoms with Crippen LogP contribution >= 0.6 is 11.3 Å². The Morgan fingerprint density at radius 3 is 2.77 bits per heavy atom. The van der Waals surface area contributed by atoms with Gasteiger partial charge in [-0.2, -0.15) is 0 Å². The number of fused-ring (bicyclic) bond motifs is 1. The van der Waals surface area contributed by atoms with Crippen molar-refractivity contribution < 1.29 is 19.1 Å². The minimum Gasteiger partial charge on any atom is -0.444 e. The molecule has 4 rings (SSSR count). The predicted octanol–water partition coefficient (Wildman–Crippen LogP) is 2.96. The van der Waals surface area contributed by atoms with E-state index in [2.05, 4.69) is 10.3 Å². The molecule has 0 radical (unpaired) electrons. The molecule has 0 unspecified atom stereocenters. The van der Waals surface area contributed by atoms with E-state index in [-0.39, 0.29) is 36.3 Å². The van der Waals surface area contributed by atoms with Gasteiger partial charge in [0.2, 0.25) is 11.8 Å².